The van der Waals surface area contributed by atoms with Crippen LogP contribution in [0.25, 0.3) is 0 Å². The molecule has 10 heavy (non-hydrogen) atoms. The first-order valence-corrected chi connectivity index (χ1v) is 4.58. The van der Waals surface area contributed by atoms with Gasteiger partial charge in [-0.2, -0.15) is 0 Å². The van der Waals surface area contributed by atoms with Gasteiger partial charge in [0, 0.05) is 6.20 Å². The monoisotopic (exact) mass is 151 g/mol. The molecule has 2 radical (unpaired) electrons. The quantitative estimate of drug-likeness (QED) is 0.434. The third-order valence-electron chi connectivity index (χ3n) is 1.10. The second-order valence-electron chi connectivity index (χ2n) is 1.97. The van der Waals surface area contributed by atoms with Gasteiger partial charge in [0.2, 0.25) is 0 Å². The SMILES string of the molecule is [B]c1ccc(P(C)O)nc1. The zero-order valence-electron chi connectivity index (χ0n) is 5.65. The minimum Gasteiger partial charge on any atom is -0.368 e. The van der Waals surface area contributed by atoms with E-state index in [4.69, 9.17) is 12.7 Å². The number of pyridine rings is 1. The van der Waals surface area contributed by atoms with Gasteiger partial charge >= 0.3 is 0 Å². The van der Waals surface area contributed by atoms with Gasteiger partial charge in [-0.25, -0.2) is 0 Å². The van der Waals surface area contributed by atoms with E-state index in [-0.39, 0.29) is 0 Å². The van der Waals surface area contributed by atoms with Gasteiger partial charge in [0.25, 0.3) is 0 Å². The maximum atomic E-state index is 9.08. The Morgan fingerprint density at radius 3 is 2.70 bits per heavy atom. The van der Waals surface area contributed by atoms with Crippen LogP contribution >= 0.6 is 8.15 Å². The first kappa shape index (κ1) is 7.71. The van der Waals surface area contributed by atoms with E-state index in [0.717, 1.165) is 0 Å². The van der Waals surface area contributed by atoms with Crippen LogP contribution in [0.1, 0.15) is 0 Å². The van der Waals surface area contributed by atoms with Crippen molar-refractivity contribution in [3.8, 4) is 0 Å². The van der Waals surface area contributed by atoms with E-state index in [1.54, 1.807) is 25.0 Å². The van der Waals surface area contributed by atoms with E-state index in [1.807, 2.05) is 0 Å². The van der Waals surface area contributed by atoms with Gasteiger partial charge in [-0.05, 0) is 12.7 Å². The molecule has 0 saturated heterocycles. The van der Waals surface area contributed by atoms with Crippen LogP contribution in [0, 0.1) is 0 Å². The minimum atomic E-state index is -1.07. The van der Waals surface area contributed by atoms with E-state index < -0.39 is 8.15 Å². The minimum absolute atomic E-state index is 0.626. The summed E-state index contributed by atoms with van der Waals surface area (Å²) in [5.74, 6) is 0. The molecular weight excluding hydrogens is 144 g/mol. The van der Waals surface area contributed by atoms with Crippen LogP contribution in [0.15, 0.2) is 18.3 Å². The van der Waals surface area contributed by atoms with Gasteiger partial charge < -0.3 is 4.89 Å². The van der Waals surface area contributed by atoms with E-state index in [9.17, 15) is 0 Å². The summed E-state index contributed by atoms with van der Waals surface area (Å²) in [6.07, 6.45) is 1.55. The highest BCUT2D eigenvalue weighted by Gasteiger charge is 1.99. The molecule has 0 amide bonds. The molecule has 0 aliphatic carbocycles. The fraction of sp³-hybridized carbons (Fsp3) is 0.167. The van der Waals surface area contributed by atoms with Crippen molar-refractivity contribution < 1.29 is 4.89 Å². The van der Waals surface area contributed by atoms with Crippen LogP contribution in [-0.2, 0) is 0 Å². The van der Waals surface area contributed by atoms with Crippen LogP contribution in [0.3, 0.4) is 0 Å². The Morgan fingerprint density at radius 1 is 1.60 bits per heavy atom. The Morgan fingerprint density at radius 2 is 2.30 bits per heavy atom. The summed E-state index contributed by atoms with van der Waals surface area (Å²) < 4.78 is 0. The lowest BCUT2D eigenvalue weighted by Gasteiger charge is -2.01. The predicted molar refractivity (Wildman–Crippen MR) is 44.3 cm³/mol. The van der Waals surface area contributed by atoms with Gasteiger partial charge in [-0.1, -0.05) is 11.5 Å². The van der Waals surface area contributed by atoms with E-state index in [1.165, 1.54) is 0 Å². The molecule has 1 heterocycles. The van der Waals surface area contributed by atoms with Crippen molar-refractivity contribution in [2.75, 3.05) is 6.66 Å². The van der Waals surface area contributed by atoms with Crippen molar-refractivity contribution >= 4 is 26.9 Å². The first-order chi connectivity index (χ1) is 4.70. The number of rotatable bonds is 1. The largest absolute Gasteiger partial charge is 0.368 e. The highest BCUT2D eigenvalue weighted by atomic mass is 31.1. The van der Waals surface area contributed by atoms with Gasteiger partial charge in [0.15, 0.2) is 0 Å². The fourth-order valence-corrected chi connectivity index (χ4v) is 1.10. The molecule has 0 bridgehead atoms. The molecule has 0 fully saturated rings. The van der Waals surface area contributed by atoms with Gasteiger partial charge in [0.1, 0.15) is 7.85 Å². The molecule has 2 nitrogen and oxygen atoms in total. The lowest BCUT2D eigenvalue weighted by atomic mass is 9.99. The summed E-state index contributed by atoms with van der Waals surface area (Å²) in [4.78, 5) is 13.0. The molecule has 1 N–H and O–H groups in total. The molecule has 0 aromatic carbocycles. The van der Waals surface area contributed by atoms with Gasteiger partial charge in [-0.3, -0.25) is 4.98 Å². The Hall–Kier alpha value is -0.395. The van der Waals surface area contributed by atoms with Crippen molar-refractivity contribution in [2.24, 2.45) is 0 Å². The Bertz CT molecular complexity index is 211. The van der Waals surface area contributed by atoms with Gasteiger partial charge in [-0.15, -0.1) is 0 Å². The second-order valence-corrected chi connectivity index (χ2v) is 3.48. The second kappa shape index (κ2) is 3.13. The summed E-state index contributed by atoms with van der Waals surface area (Å²) in [6, 6.07) is 3.47. The van der Waals surface area contributed by atoms with Crippen molar-refractivity contribution in [1.82, 2.24) is 4.98 Å². The standard InChI is InChI=1S/C6H7BNOP/c1-10(9)6-3-2-5(7)4-8-6/h2-4,9H,1H3. The summed E-state index contributed by atoms with van der Waals surface area (Å²) in [7, 11) is 4.32. The molecular formula is C6H7BNOP. The Balaban J connectivity index is 2.89. The van der Waals surface area contributed by atoms with E-state index in [0.29, 0.717) is 10.9 Å². The van der Waals surface area contributed by atoms with Crippen LogP contribution in [0.5, 0.6) is 0 Å². The average Bonchev–Trinajstić information content (AvgIpc) is 1.88. The number of aromatic nitrogens is 1. The molecule has 50 valence electrons. The third-order valence-corrected chi connectivity index (χ3v) is 2.03. The lowest BCUT2D eigenvalue weighted by molar-refractivity contribution is 0.640. The molecule has 0 aliphatic rings. The fourth-order valence-electron chi connectivity index (χ4n) is 0.589. The zero-order chi connectivity index (χ0) is 7.56. The lowest BCUT2D eigenvalue weighted by Crippen LogP contribution is -2.11. The van der Waals surface area contributed by atoms with Crippen molar-refractivity contribution in [2.45, 2.75) is 0 Å². The Labute approximate surface area is 62.5 Å². The Kier molecular flexibility index (Phi) is 2.41. The van der Waals surface area contributed by atoms with Crippen LogP contribution < -0.4 is 10.9 Å². The highest BCUT2D eigenvalue weighted by Crippen LogP contribution is 2.19. The number of hydrogen-bond acceptors (Lipinski definition) is 2. The van der Waals surface area contributed by atoms with Gasteiger partial charge in [0.05, 0.1) is 13.6 Å². The van der Waals surface area contributed by atoms with Crippen LogP contribution in [-0.4, -0.2) is 24.4 Å². The predicted octanol–water partition coefficient (Wildman–Crippen LogP) is -0.480. The maximum Gasteiger partial charge on any atom is 0.115 e. The summed E-state index contributed by atoms with van der Waals surface area (Å²) >= 11 is 0. The third kappa shape index (κ3) is 1.79. The maximum absolute atomic E-state index is 9.08. The first-order valence-electron chi connectivity index (χ1n) is 2.84. The summed E-state index contributed by atoms with van der Waals surface area (Å²) in [5, 5.41) is 0. The van der Waals surface area contributed by atoms with E-state index in [2.05, 4.69) is 4.98 Å². The molecule has 0 saturated carbocycles. The van der Waals surface area contributed by atoms with Crippen LogP contribution in [0.4, 0.5) is 0 Å². The van der Waals surface area contributed by atoms with Crippen molar-refractivity contribution in [1.29, 1.82) is 0 Å². The number of nitrogens with zero attached hydrogens (tertiary/aromatic N) is 1. The normalized spacial score (nSPS) is 13.0. The number of hydrogen-bond donors (Lipinski definition) is 1. The topological polar surface area (TPSA) is 33.1 Å². The average molecular weight is 151 g/mol. The summed E-state index contributed by atoms with van der Waals surface area (Å²) in [5.41, 5.74) is 1.34. The molecule has 1 aromatic heterocycles. The highest BCUT2D eigenvalue weighted by molar-refractivity contribution is 7.58. The molecule has 0 aliphatic heterocycles. The smallest absolute Gasteiger partial charge is 0.115 e. The van der Waals surface area contributed by atoms with Crippen LogP contribution in [0.2, 0.25) is 0 Å². The molecule has 1 unspecified atom stereocenters. The molecule has 1 aromatic rings. The molecule has 0 spiro atoms. The zero-order valence-corrected chi connectivity index (χ0v) is 6.55. The summed E-state index contributed by atoms with van der Waals surface area (Å²) in [6.45, 7) is 1.73. The van der Waals surface area contributed by atoms with Crippen molar-refractivity contribution in [3.05, 3.63) is 18.3 Å². The van der Waals surface area contributed by atoms with E-state index >= 15 is 0 Å². The van der Waals surface area contributed by atoms with Crippen molar-refractivity contribution in [3.63, 3.8) is 0 Å². The molecule has 1 rings (SSSR count). The molecule has 4 heteroatoms. The molecule has 1 atom stereocenters.